The van der Waals surface area contributed by atoms with Crippen LogP contribution in [0.15, 0.2) is 0 Å². The number of hydrogen-bond acceptors (Lipinski definition) is 2. The highest BCUT2D eigenvalue weighted by molar-refractivity contribution is 7.57. The van der Waals surface area contributed by atoms with Crippen molar-refractivity contribution in [3.05, 3.63) is 0 Å². The number of nitrogens with zero attached hydrogens (tertiary/aromatic N) is 2. The molecule has 0 spiro atoms. The third kappa shape index (κ3) is 8.03. The standard InChI is InChI=1S/C11H19N2P/c1-2-3-9-14(11-6-8-13)10-5-4-7-12/h2-6,9-11H2,1H3. The fourth-order valence-electron chi connectivity index (χ4n) is 1.31. The van der Waals surface area contributed by atoms with Gasteiger partial charge >= 0.3 is 0 Å². The lowest BCUT2D eigenvalue weighted by atomic mass is 10.4. The average molecular weight is 210 g/mol. The molecule has 0 aromatic rings. The molecule has 3 heteroatoms. The summed E-state index contributed by atoms with van der Waals surface area (Å²) in [6, 6.07) is 4.40. The van der Waals surface area contributed by atoms with Gasteiger partial charge in [0.15, 0.2) is 0 Å². The Morgan fingerprint density at radius 2 is 1.57 bits per heavy atom. The van der Waals surface area contributed by atoms with Crippen LogP contribution in [0.25, 0.3) is 0 Å². The third-order valence-corrected chi connectivity index (χ3v) is 4.88. The first-order chi connectivity index (χ1) is 6.85. The van der Waals surface area contributed by atoms with Crippen molar-refractivity contribution in [2.75, 3.05) is 18.5 Å². The summed E-state index contributed by atoms with van der Waals surface area (Å²) in [6.07, 6.45) is 8.48. The number of nitriles is 2. The Hall–Kier alpha value is -0.590. The molecule has 0 heterocycles. The van der Waals surface area contributed by atoms with Gasteiger partial charge in [0.05, 0.1) is 12.1 Å². The first kappa shape index (κ1) is 13.4. The molecule has 0 aliphatic rings. The molecule has 0 saturated heterocycles. The minimum Gasteiger partial charge on any atom is -0.198 e. The molecule has 1 atom stereocenters. The van der Waals surface area contributed by atoms with E-state index in [4.69, 9.17) is 10.5 Å². The predicted molar refractivity (Wildman–Crippen MR) is 61.5 cm³/mol. The van der Waals surface area contributed by atoms with E-state index >= 15 is 0 Å². The van der Waals surface area contributed by atoms with Crippen LogP contribution in [-0.4, -0.2) is 18.5 Å². The molecule has 0 radical (unpaired) electrons. The molecule has 0 rings (SSSR count). The highest BCUT2D eigenvalue weighted by Gasteiger charge is 2.06. The SMILES string of the molecule is CCCCP(CCC#N)CCCC#N. The van der Waals surface area contributed by atoms with Crippen molar-refractivity contribution in [1.29, 1.82) is 10.5 Å². The summed E-state index contributed by atoms with van der Waals surface area (Å²) in [5.74, 6) is 0. The fourth-order valence-corrected chi connectivity index (χ4v) is 3.76. The van der Waals surface area contributed by atoms with Gasteiger partial charge in [0.1, 0.15) is 0 Å². The lowest BCUT2D eigenvalue weighted by Crippen LogP contribution is -1.95. The van der Waals surface area contributed by atoms with Crippen LogP contribution in [0.3, 0.4) is 0 Å². The van der Waals surface area contributed by atoms with Gasteiger partial charge in [0.25, 0.3) is 0 Å². The Kier molecular flexibility index (Phi) is 10.0. The quantitative estimate of drug-likeness (QED) is 0.454. The third-order valence-electron chi connectivity index (χ3n) is 2.13. The second-order valence-electron chi connectivity index (χ2n) is 3.36. The van der Waals surface area contributed by atoms with Crippen LogP contribution in [0.5, 0.6) is 0 Å². The normalized spacial score (nSPS) is 11.6. The molecule has 0 aromatic carbocycles. The Morgan fingerprint density at radius 1 is 0.929 bits per heavy atom. The second-order valence-corrected chi connectivity index (χ2v) is 6.05. The molecule has 0 saturated carbocycles. The summed E-state index contributed by atoms with van der Waals surface area (Å²) in [7, 11) is 0.0424. The largest absolute Gasteiger partial charge is 0.198 e. The van der Waals surface area contributed by atoms with E-state index in [1.807, 2.05) is 0 Å². The van der Waals surface area contributed by atoms with Crippen molar-refractivity contribution >= 4 is 7.92 Å². The Morgan fingerprint density at radius 3 is 2.14 bits per heavy atom. The summed E-state index contributed by atoms with van der Waals surface area (Å²) in [6.45, 7) is 2.20. The maximum absolute atomic E-state index is 8.52. The van der Waals surface area contributed by atoms with Gasteiger partial charge in [-0.1, -0.05) is 13.3 Å². The van der Waals surface area contributed by atoms with E-state index in [0.29, 0.717) is 12.8 Å². The van der Waals surface area contributed by atoms with E-state index in [1.165, 1.54) is 25.2 Å². The molecule has 2 nitrogen and oxygen atoms in total. The van der Waals surface area contributed by atoms with Crippen LogP contribution in [0.1, 0.15) is 39.0 Å². The summed E-state index contributed by atoms with van der Waals surface area (Å²) >= 11 is 0. The summed E-state index contributed by atoms with van der Waals surface area (Å²) in [5, 5.41) is 17.0. The lowest BCUT2D eigenvalue weighted by molar-refractivity contribution is 0.881. The van der Waals surface area contributed by atoms with Crippen molar-refractivity contribution < 1.29 is 0 Å². The van der Waals surface area contributed by atoms with Crippen LogP contribution >= 0.6 is 7.92 Å². The van der Waals surface area contributed by atoms with Crippen molar-refractivity contribution in [3.63, 3.8) is 0 Å². The van der Waals surface area contributed by atoms with Gasteiger partial charge in [-0.25, -0.2) is 0 Å². The van der Waals surface area contributed by atoms with Crippen LogP contribution in [0.4, 0.5) is 0 Å². The predicted octanol–water partition coefficient (Wildman–Crippen LogP) is 3.49. The minimum atomic E-state index is 0.0424. The number of hydrogen-bond donors (Lipinski definition) is 0. The maximum atomic E-state index is 8.52. The van der Waals surface area contributed by atoms with Crippen LogP contribution < -0.4 is 0 Å². The topological polar surface area (TPSA) is 47.6 Å². The molecule has 0 aliphatic carbocycles. The molecule has 14 heavy (non-hydrogen) atoms. The van der Waals surface area contributed by atoms with E-state index in [2.05, 4.69) is 19.1 Å². The zero-order valence-electron chi connectivity index (χ0n) is 9.00. The zero-order chi connectivity index (χ0) is 10.6. The van der Waals surface area contributed by atoms with E-state index in [9.17, 15) is 0 Å². The first-order valence-corrected chi connectivity index (χ1v) is 7.21. The monoisotopic (exact) mass is 210 g/mol. The number of rotatable bonds is 8. The second kappa shape index (κ2) is 10.5. The van der Waals surface area contributed by atoms with E-state index in [0.717, 1.165) is 12.6 Å². The fraction of sp³-hybridized carbons (Fsp3) is 0.818. The first-order valence-electron chi connectivity index (χ1n) is 5.31. The molecule has 0 bridgehead atoms. The van der Waals surface area contributed by atoms with Crippen molar-refractivity contribution in [1.82, 2.24) is 0 Å². The summed E-state index contributed by atoms with van der Waals surface area (Å²) in [4.78, 5) is 0. The van der Waals surface area contributed by atoms with Gasteiger partial charge in [-0.05, 0) is 31.3 Å². The molecular formula is C11H19N2P. The minimum absolute atomic E-state index is 0.0424. The molecule has 0 amide bonds. The smallest absolute Gasteiger partial charge is 0.0625 e. The van der Waals surface area contributed by atoms with Crippen molar-refractivity contribution in [2.45, 2.75) is 39.0 Å². The zero-order valence-corrected chi connectivity index (χ0v) is 9.89. The molecule has 0 fully saturated rings. The van der Waals surface area contributed by atoms with E-state index in [-0.39, 0.29) is 7.92 Å². The lowest BCUT2D eigenvalue weighted by Gasteiger charge is -2.14. The van der Waals surface area contributed by atoms with Gasteiger partial charge in [-0.2, -0.15) is 10.5 Å². The van der Waals surface area contributed by atoms with Gasteiger partial charge in [-0.3, -0.25) is 0 Å². The Balaban J connectivity index is 3.62. The van der Waals surface area contributed by atoms with Gasteiger partial charge < -0.3 is 0 Å². The molecule has 78 valence electrons. The van der Waals surface area contributed by atoms with Crippen LogP contribution in [0, 0.1) is 22.7 Å². The average Bonchev–Trinajstić information content (AvgIpc) is 2.21. The molecule has 0 aromatic heterocycles. The van der Waals surface area contributed by atoms with Crippen molar-refractivity contribution in [2.24, 2.45) is 0 Å². The van der Waals surface area contributed by atoms with Crippen LogP contribution in [-0.2, 0) is 0 Å². The number of unbranched alkanes of at least 4 members (excludes halogenated alkanes) is 2. The highest BCUT2D eigenvalue weighted by atomic mass is 31.1. The molecule has 0 N–H and O–H groups in total. The Bertz CT molecular complexity index is 202. The van der Waals surface area contributed by atoms with E-state index in [1.54, 1.807) is 0 Å². The van der Waals surface area contributed by atoms with Gasteiger partial charge in [-0.15, -0.1) is 7.92 Å². The van der Waals surface area contributed by atoms with Gasteiger partial charge in [0.2, 0.25) is 0 Å². The highest BCUT2D eigenvalue weighted by Crippen LogP contribution is 2.38. The summed E-state index contributed by atoms with van der Waals surface area (Å²) < 4.78 is 0. The summed E-state index contributed by atoms with van der Waals surface area (Å²) in [5.41, 5.74) is 0. The Labute approximate surface area is 88.7 Å². The maximum Gasteiger partial charge on any atom is 0.0625 e. The van der Waals surface area contributed by atoms with Crippen LogP contribution in [0.2, 0.25) is 0 Å². The molecule has 1 unspecified atom stereocenters. The van der Waals surface area contributed by atoms with Crippen molar-refractivity contribution in [3.8, 4) is 12.1 Å². The van der Waals surface area contributed by atoms with E-state index < -0.39 is 0 Å². The molecule has 0 aliphatic heterocycles. The molecular weight excluding hydrogens is 191 g/mol. The van der Waals surface area contributed by atoms with Gasteiger partial charge in [0, 0.05) is 12.8 Å².